The number of ether oxygens (including phenoxy) is 2. The first kappa shape index (κ1) is 23.3. The van der Waals surface area contributed by atoms with E-state index in [0.717, 1.165) is 23.1 Å². The maximum absolute atomic E-state index is 12.5. The molecule has 1 rings (SSSR count). The SMILES string of the molecule is CN=C(NCCCOCCOC)NCc1nc(C(F)(F)F)cs1.I. The number of thiazole rings is 1. The van der Waals surface area contributed by atoms with Crippen molar-refractivity contribution in [1.29, 1.82) is 0 Å². The Morgan fingerprint density at radius 1 is 1.29 bits per heavy atom. The van der Waals surface area contributed by atoms with E-state index in [0.29, 0.717) is 37.3 Å². The summed E-state index contributed by atoms with van der Waals surface area (Å²) < 4.78 is 47.5. The van der Waals surface area contributed by atoms with Crippen molar-refractivity contribution < 1.29 is 22.6 Å². The number of guanidine groups is 1. The van der Waals surface area contributed by atoms with E-state index >= 15 is 0 Å². The van der Waals surface area contributed by atoms with E-state index in [4.69, 9.17) is 9.47 Å². The van der Waals surface area contributed by atoms with E-state index in [1.54, 1.807) is 14.2 Å². The zero-order valence-electron chi connectivity index (χ0n) is 13.5. The van der Waals surface area contributed by atoms with Gasteiger partial charge in [-0.1, -0.05) is 0 Å². The van der Waals surface area contributed by atoms with Gasteiger partial charge in [-0.3, -0.25) is 4.99 Å². The number of nitrogens with zero attached hydrogens (tertiary/aromatic N) is 2. The number of aliphatic imine (C=N–C) groups is 1. The highest BCUT2D eigenvalue weighted by Crippen LogP contribution is 2.29. The molecule has 0 spiro atoms. The van der Waals surface area contributed by atoms with Crippen LogP contribution < -0.4 is 10.6 Å². The van der Waals surface area contributed by atoms with E-state index in [9.17, 15) is 13.2 Å². The Hall–Kier alpha value is -0.660. The van der Waals surface area contributed by atoms with Gasteiger partial charge in [-0.25, -0.2) is 4.98 Å². The van der Waals surface area contributed by atoms with Crippen LogP contribution in [0.3, 0.4) is 0 Å². The molecular weight excluding hydrogens is 460 g/mol. The van der Waals surface area contributed by atoms with Gasteiger partial charge in [0.05, 0.1) is 19.8 Å². The average molecular weight is 482 g/mol. The van der Waals surface area contributed by atoms with Crippen LogP contribution in [0.25, 0.3) is 0 Å². The minimum Gasteiger partial charge on any atom is -0.382 e. The van der Waals surface area contributed by atoms with Crippen LogP contribution in [-0.2, 0) is 22.2 Å². The van der Waals surface area contributed by atoms with Crippen molar-refractivity contribution in [2.45, 2.75) is 19.1 Å². The second-order valence-corrected chi connectivity index (χ2v) is 5.38. The quantitative estimate of drug-likeness (QED) is 0.245. The molecule has 1 aromatic rings. The molecule has 0 aliphatic heterocycles. The molecule has 0 fully saturated rings. The highest BCUT2D eigenvalue weighted by molar-refractivity contribution is 14.0. The molecule has 0 aromatic carbocycles. The highest BCUT2D eigenvalue weighted by atomic mass is 127. The third-order valence-electron chi connectivity index (χ3n) is 2.66. The van der Waals surface area contributed by atoms with Crippen LogP contribution in [0.15, 0.2) is 10.4 Å². The fraction of sp³-hybridized carbons (Fsp3) is 0.692. The van der Waals surface area contributed by atoms with E-state index in [1.165, 1.54) is 0 Å². The Kier molecular flexibility index (Phi) is 12.3. The molecular formula is C13H22F3IN4O2S. The largest absolute Gasteiger partial charge is 0.434 e. The van der Waals surface area contributed by atoms with Crippen molar-refractivity contribution in [3.63, 3.8) is 0 Å². The van der Waals surface area contributed by atoms with Gasteiger partial charge in [0.1, 0.15) is 5.01 Å². The third kappa shape index (κ3) is 9.59. The predicted molar refractivity (Wildman–Crippen MR) is 98.0 cm³/mol. The summed E-state index contributed by atoms with van der Waals surface area (Å²) in [6.45, 7) is 2.53. The molecule has 140 valence electrons. The van der Waals surface area contributed by atoms with Crippen molar-refractivity contribution in [2.75, 3.05) is 40.5 Å². The molecule has 0 saturated carbocycles. The van der Waals surface area contributed by atoms with Gasteiger partial charge in [0.25, 0.3) is 0 Å². The summed E-state index contributed by atoms with van der Waals surface area (Å²) in [4.78, 5) is 7.54. The molecule has 0 amide bonds. The topological polar surface area (TPSA) is 67.8 Å². The molecule has 0 radical (unpaired) electrons. The van der Waals surface area contributed by atoms with Crippen molar-refractivity contribution in [2.24, 2.45) is 4.99 Å². The first-order chi connectivity index (χ1) is 11.0. The number of rotatable bonds is 9. The molecule has 1 aromatic heterocycles. The van der Waals surface area contributed by atoms with Gasteiger partial charge >= 0.3 is 6.18 Å². The summed E-state index contributed by atoms with van der Waals surface area (Å²) in [5.41, 5.74) is -0.865. The van der Waals surface area contributed by atoms with Crippen LogP contribution in [0, 0.1) is 0 Å². The number of nitrogens with one attached hydrogen (secondary N) is 2. The lowest BCUT2D eigenvalue weighted by Crippen LogP contribution is -2.37. The van der Waals surface area contributed by atoms with Gasteiger partial charge in [-0.15, -0.1) is 35.3 Å². The molecule has 24 heavy (non-hydrogen) atoms. The van der Waals surface area contributed by atoms with Crippen molar-refractivity contribution in [3.8, 4) is 0 Å². The summed E-state index contributed by atoms with van der Waals surface area (Å²) >= 11 is 0.960. The lowest BCUT2D eigenvalue weighted by Gasteiger charge is -2.11. The number of hydrogen-bond acceptors (Lipinski definition) is 5. The van der Waals surface area contributed by atoms with E-state index in [-0.39, 0.29) is 30.5 Å². The van der Waals surface area contributed by atoms with Crippen molar-refractivity contribution in [1.82, 2.24) is 15.6 Å². The number of methoxy groups -OCH3 is 1. The zero-order valence-corrected chi connectivity index (χ0v) is 16.6. The number of halogens is 4. The van der Waals surface area contributed by atoms with Crippen LogP contribution in [0.1, 0.15) is 17.1 Å². The Morgan fingerprint density at radius 3 is 2.62 bits per heavy atom. The lowest BCUT2D eigenvalue weighted by molar-refractivity contribution is -0.140. The third-order valence-corrected chi connectivity index (χ3v) is 3.51. The molecule has 0 aliphatic rings. The summed E-state index contributed by atoms with van der Waals surface area (Å²) in [5, 5.41) is 7.32. The minimum absolute atomic E-state index is 0. The molecule has 0 unspecified atom stereocenters. The van der Waals surface area contributed by atoms with Gasteiger partial charge in [-0.2, -0.15) is 13.2 Å². The first-order valence-electron chi connectivity index (χ1n) is 7.00. The second-order valence-electron chi connectivity index (χ2n) is 4.44. The van der Waals surface area contributed by atoms with Crippen LogP contribution in [0.4, 0.5) is 13.2 Å². The molecule has 0 bridgehead atoms. The summed E-state index contributed by atoms with van der Waals surface area (Å²) in [5.74, 6) is 0.505. The Bertz CT molecular complexity index is 486. The van der Waals surface area contributed by atoms with E-state index in [2.05, 4.69) is 20.6 Å². The van der Waals surface area contributed by atoms with Gasteiger partial charge in [-0.05, 0) is 6.42 Å². The lowest BCUT2D eigenvalue weighted by atomic mass is 10.4. The predicted octanol–water partition coefficient (Wildman–Crippen LogP) is 2.50. The van der Waals surface area contributed by atoms with Crippen LogP contribution in [0.2, 0.25) is 0 Å². The molecule has 1 heterocycles. The number of hydrogen-bond donors (Lipinski definition) is 2. The smallest absolute Gasteiger partial charge is 0.382 e. The van der Waals surface area contributed by atoms with Crippen LogP contribution >= 0.6 is 35.3 Å². The maximum atomic E-state index is 12.5. The maximum Gasteiger partial charge on any atom is 0.434 e. The van der Waals surface area contributed by atoms with Crippen LogP contribution in [0.5, 0.6) is 0 Å². The Labute approximate surface area is 160 Å². The van der Waals surface area contributed by atoms with Gasteiger partial charge in [0.2, 0.25) is 0 Å². The standard InChI is InChI=1S/C13H21F3N4O2S.HI/c1-17-12(18-4-3-5-22-7-6-21-2)19-8-11-20-10(9-23-11)13(14,15)16;/h9H,3-8H2,1-2H3,(H2,17,18,19);1H. The molecule has 11 heteroatoms. The summed E-state index contributed by atoms with van der Waals surface area (Å²) in [6, 6.07) is 0. The monoisotopic (exact) mass is 482 g/mol. The highest BCUT2D eigenvalue weighted by Gasteiger charge is 2.33. The summed E-state index contributed by atoms with van der Waals surface area (Å²) in [6.07, 6.45) is -3.63. The second kappa shape index (κ2) is 12.7. The number of aromatic nitrogens is 1. The van der Waals surface area contributed by atoms with Crippen molar-refractivity contribution in [3.05, 3.63) is 16.1 Å². The van der Waals surface area contributed by atoms with Gasteiger partial charge < -0.3 is 20.1 Å². The van der Waals surface area contributed by atoms with Crippen molar-refractivity contribution >= 4 is 41.3 Å². The summed E-state index contributed by atoms with van der Waals surface area (Å²) in [7, 11) is 3.20. The molecule has 0 atom stereocenters. The van der Waals surface area contributed by atoms with E-state index in [1.807, 2.05) is 0 Å². The van der Waals surface area contributed by atoms with E-state index < -0.39 is 11.9 Å². The first-order valence-corrected chi connectivity index (χ1v) is 7.88. The minimum atomic E-state index is -4.41. The molecule has 0 aliphatic carbocycles. The zero-order chi connectivity index (χ0) is 17.1. The normalized spacial score (nSPS) is 12.0. The fourth-order valence-electron chi connectivity index (χ4n) is 1.53. The molecule has 2 N–H and O–H groups in total. The Morgan fingerprint density at radius 2 is 2.04 bits per heavy atom. The molecule has 0 saturated heterocycles. The fourth-order valence-corrected chi connectivity index (χ4v) is 2.27. The number of alkyl halides is 3. The average Bonchev–Trinajstić information content (AvgIpc) is 2.98. The van der Waals surface area contributed by atoms with Crippen LogP contribution in [-0.4, -0.2) is 51.5 Å². The van der Waals surface area contributed by atoms with Gasteiger partial charge in [0, 0.05) is 32.7 Å². The molecule has 6 nitrogen and oxygen atoms in total. The Balaban J connectivity index is 0.00000529. The van der Waals surface area contributed by atoms with Gasteiger partial charge in [0.15, 0.2) is 11.7 Å².